The molecular formula is C13H14O3S. The van der Waals surface area contributed by atoms with Gasteiger partial charge in [0.1, 0.15) is 5.75 Å². The third-order valence-corrected chi connectivity index (χ3v) is 3.78. The van der Waals surface area contributed by atoms with Gasteiger partial charge in [0.15, 0.2) is 0 Å². The van der Waals surface area contributed by atoms with Crippen molar-refractivity contribution in [1.29, 1.82) is 0 Å². The Morgan fingerprint density at radius 3 is 2.71 bits per heavy atom. The Morgan fingerprint density at radius 2 is 2.06 bits per heavy atom. The number of carboxylic acids is 1. The molecule has 1 heterocycles. The quantitative estimate of drug-likeness (QED) is 0.879. The number of carboxylic acid groups (broad SMARTS) is 1. The number of thiophene rings is 1. The van der Waals surface area contributed by atoms with Gasteiger partial charge in [-0.2, -0.15) is 0 Å². The highest BCUT2D eigenvalue weighted by Crippen LogP contribution is 2.35. The van der Waals surface area contributed by atoms with Crippen molar-refractivity contribution in [2.24, 2.45) is 5.41 Å². The second-order valence-corrected chi connectivity index (χ2v) is 5.72. The predicted molar refractivity (Wildman–Crippen MR) is 68.6 cm³/mol. The lowest BCUT2D eigenvalue weighted by Gasteiger charge is -2.19. The van der Waals surface area contributed by atoms with E-state index in [4.69, 9.17) is 5.11 Å². The third kappa shape index (κ3) is 2.13. The van der Waals surface area contributed by atoms with Gasteiger partial charge in [-0.25, -0.2) is 0 Å². The minimum atomic E-state index is -0.874. The molecule has 1 aromatic heterocycles. The summed E-state index contributed by atoms with van der Waals surface area (Å²) >= 11 is 1.56. The van der Waals surface area contributed by atoms with Gasteiger partial charge >= 0.3 is 5.97 Å². The van der Waals surface area contributed by atoms with Crippen LogP contribution in [-0.2, 0) is 11.2 Å². The van der Waals surface area contributed by atoms with Gasteiger partial charge < -0.3 is 10.2 Å². The number of fused-ring (bicyclic) bond motifs is 1. The highest BCUT2D eigenvalue weighted by atomic mass is 32.1. The summed E-state index contributed by atoms with van der Waals surface area (Å²) in [6.45, 7) is 3.32. The minimum absolute atomic E-state index is 0.207. The highest BCUT2D eigenvalue weighted by Gasteiger charge is 2.28. The van der Waals surface area contributed by atoms with Gasteiger partial charge in [-0.15, -0.1) is 11.3 Å². The van der Waals surface area contributed by atoms with Crippen LogP contribution in [0.1, 0.15) is 19.4 Å². The van der Waals surface area contributed by atoms with E-state index in [1.165, 1.54) is 0 Å². The predicted octanol–water partition coefficient (Wildman–Crippen LogP) is 3.26. The average molecular weight is 250 g/mol. The Bertz CT molecular complexity index is 569. The van der Waals surface area contributed by atoms with Gasteiger partial charge in [0.2, 0.25) is 0 Å². The second kappa shape index (κ2) is 4.04. The molecular weight excluding hydrogens is 236 g/mol. The van der Waals surface area contributed by atoms with Crippen molar-refractivity contribution in [3.05, 3.63) is 29.1 Å². The van der Waals surface area contributed by atoms with Gasteiger partial charge in [0.05, 0.1) is 5.41 Å². The topological polar surface area (TPSA) is 57.5 Å². The molecule has 2 rings (SSSR count). The van der Waals surface area contributed by atoms with Crippen molar-refractivity contribution in [1.82, 2.24) is 0 Å². The van der Waals surface area contributed by atoms with Crippen LogP contribution in [0.25, 0.3) is 10.1 Å². The van der Waals surface area contributed by atoms with Crippen molar-refractivity contribution >= 4 is 27.4 Å². The molecule has 0 bridgehead atoms. The van der Waals surface area contributed by atoms with Crippen LogP contribution in [0.2, 0.25) is 0 Å². The molecule has 0 unspecified atom stereocenters. The number of benzene rings is 1. The van der Waals surface area contributed by atoms with Gasteiger partial charge in [-0.05, 0) is 43.3 Å². The summed E-state index contributed by atoms with van der Waals surface area (Å²) in [6, 6.07) is 5.58. The molecule has 0 fully saturated rings. The Hall–Kier alpha value is -1.55. The molecule has 17 heavy (non-hydrogen) atoms. The number of rotatable bonds is 3. The largest absolute Gasteiger partial charge is 0.507 e. The molecule has 2 aromatic rings. The van der Waals surface area contributed by atoms with Crippen LogP contribution < -0.4 is 0 Å². The maximum Gasteiger partial charge on any atom is 0.309 e. The first-order valence-electron chi connectivity index (χ1n) is 5.33. The molecule has 0 aliphatic carbocycles. The maximum absolute atomic E-state index is 11.1. The van der Waals surface area contributed by atoms with Crippen molar-refractivity contribution in [3.8, 4) is 5.75 Å². The average Bonchev–Trinajstić information content (AvgIpc) is 2.70. The van der Waals surface area contributed by atoms with E-state index >= 15 is 0 Å². The van der Waals surface area contributed by atoms with Gasteiger partial charge in [-0.3, -0.25) is 4.79 Å². The number of phenols is 1. The lowest BCUT2D eigenvalue weighted by Crippen LogP contribution is -2.26. The van der Waals surface area contributed by atoms with E-state index in [0.717, 1.165) is 10.1 Å². The Kier molecular flexibility index (Phi) is 2.83. The molecule has 90 valence electrons. The number of aromatic hydroxyl groups is 1. The molecule has 2 N–H and O–H groups in total. The maximum atomic E-state index is 11.1. The van der Waals surface area contributed by atoms with Gasteiger partial charge in [0, 0.05) is 10.1 Å². The molecule has 1 aromatic carbocycles. The van der Waals surface area contributed by atoms with Crippen LogP contribution in [0.5, 0.6) is 5.75 Å². The SMILES string of the molecule is CC(C)(Cc1ccc2sccc2c1O)C(=O)O. The van der Waals surface area contributed by atoms with Crippen LogP contribution >= 0.6 is 11.3 Å². The Balaban J connectivity index is 2.43. The summed E-state index contributed by atoms with van der Waals surface area (Å²) in [7, 11) is 0. The molecule has 0 spiro atoms. The molecule has 0 atom stereocenters. The van der Waals surface area contributed by atoms with Crippen LogP contribution in [0.4, 0.5) is 0 Å². The molecule has 0 aliphatic rings. The molecule has 0 aliphatic heterocycles. The monoisotopic (exact) mass is 250 g/mol. The lowest BCUT2D eigenvalue weighted by molar-refractivity contribution is -0.146. The van der Waals surface area contributed by atoms with E-state index in [1.807, 2.05) is 17.5 Å². The number of phenolic OH excluding ortho intramolecular Hbond substituents is 1. The molecule has 4 heteroatoms. The van der Waals surface area contributed by atoms with Crippen molar-refractivity contribution in [3.63, 3.8) is 0 Å². The first-order chi connectivity index (χ1) is 7.92. The van der Waals surface area contributed by atoms with Crippen LogP contribution in [-0.4, -0.2) is 16.2 Å². The minimum Gasteiger partial charge on any atom is -0.507 e. The smallest absolute Gasteiger partial charge is 0.309 e. The van der Waals surface area contributed by atoms with Crippen LogP contribution in [0.15, 0.2) is 23.6 Å². The van der Waals surface area contributed by atoms with E-state index in [0.29, 0.717) is 12.0 Å². The van der Waals surface area contributed by atoms with E-state index in [9.17, 15) is 9.90 Å². The summed E-state index contributed by atoms with van der Waals surface area (Å²) in [6.07, 6.45) is 0.319. The molecule has 0 radical (unpaired) electrons. The van der Waals surface area contributed by atoms with Crippen LogP contribution in [0.3, 0.4) is 0 Å². The molecule has 3 nitrogen and oxygen atoms in total. The second-order valence-electron chi connectivity index (χ2n) is 4.77. The standard InChI is InChI=1S/C13H14O3S/c1-13(2,12(15)16)7-8-3-4-10-9(11(8)14)5-6-17-10/h3-6,14H,7H2,1-2H3,(H,15,16). The van der Waals surface area contributed by atoms with E-state index < -0.39 is 11.4 Å². The summed E-state index contributed by atoms with van der Waals surface area (Å²) in [5, 5.41) is 21.9. The summed E-state index contributed by atoms with van der Waals surface area (Å²) in [4.78, 5) is 11.1. The first kappa shape index (κ1) is 11.9. The summed E-state index contributed by atoms with van der Waals surface area (Å²) in [5.41, 5.74) is -0.190. The van der Waals surface area contributed by atoms with Crippen molar-refractivity contribution in [2.75, 3.05) is 0 Å². The van der Waals surface area contributed by atoms with Gasteiger partial charge in [0.25, 0.3) is 0 Å². The summed E-state index contributed by atoms with van der Waals surface area (Å²) < 4.78 is 1.01. The third-order valence-electron chi connectivity index (χ3n) is 2.90. The van der Waals surface area contributed by atoms with E-state index in [-0.39, 0.29) is 5.75 Å². The molecule has 0 saturated heterocycles. The zero-order chi connectivity index (χ0) is 12.6. The number of hydrogen-bond acceptors (Lipinski definition) is 3. The fourth-order valence-electron chi connectivity index (χ4n) is 1.77. The molecule has 0 saturated carbocycles. The lowest BCUT2D eigenvalue weighted by atomic mass is 9.85. The zero-order valence-electron chi connectivity index (χ0n) is 9.73. The Morgan fingerprint density at radius 1 is 1.35 bits per heavy atom. The molecule has 0 amide bonds. The fourth-order valence-corrected chi connectivity index (χ4v) is 2.56. The zero-order valence-corrected chi connectivity index (χ0v) is 10.5. The van der Waals surface area contributed by atoms with Crippen LogP contribution in [0, 0.1) is 5.41 Å². The number of aliphatic carboxylic acids is 1. The fraction of sp³-hybridized carbons (Fsp3) is 0.308. The highest BCUT2D eigenvalue weighted by molar-refractivity contribution is 7.17. The van der Waals surface area contributed by atoms with E-state index in [1.54, 1.807) is 31.3 Å². The Labute approximate surface area is 103 Å². The van der Waals surface area contributed by atoms with Gasteiger partial charge in [-0.1, -0.05) is 6.07 Å². The van der Waals surface area contributed by atoms with E-state index in [2.05, 4.69) is 0 Å². The van der Waals surface area contributed by atoms with Crippen molar-refractivity contribution < 1.29 is 15.0 Å². The normalized spacial score (nSPS) is 11.9. The number of carbonyl (C=O) groups is 1. The first-order valence-corrected chi connectivity index (χ1v) is 6.21. The van der Waals surface area contributed by atoms with Crippen molar-refractivity contribution in [2.45, 2.75) is 20.3 Å². The number of hydrogen-bond donors (Lipinski definition) is 2. The summed E-state index contributed by atoms with van der Waals surface area (Å²) in [5.74, 6) is -0.652.